The average molecular weight is 379 g/mol. The van der Waals surface area contributed by atoms with E-state index in [2.05, 4.69) is 10.6 Å². The lowest BCUT2D eigenvalue weighted by molar-refractivity contribution is -0.149. The van der Waals surface area contributed by atoms with Crippen molar-refractivity contribution in [1.82, 2.24) is 10.6 Å². The Labute approximate surface area is 163 Å². The molecule has 0 saturated heterocycles. The molecule has 2 aromatic carbocycles. The van der Waals surface area contributed by atoms with Crippen LogP contribution in [-0.2, 0) is 14.3 Å². The molecule has 2 rings (SSSR count). The van der Waals surface area contributed by atoms with E-state index in [0.29, 0.717) is 5.56 Å². The quantitative estimate of drug-likeness (QED) is 0.512. The summed E-state index contributed by atoms with van der Waals surface area (Å²) in [6.07, 6.45) is 0.0648. The molecule has 0 unspecified atom stereocenters. The lowest BCUT2D eigenvalue weighted by atomic mass is 10.0. The SMILES string of the molecule is N#CCCNC(=O)COC(=O)C[C@H](NC(=O)c1ccccc1)c1ccccc1. The van der Waals surface area contributed by atoms with Gasteiger partial charge < -0.3 is 15.4 Å². The first kappa shape index (κ1) is 20.6. The van der Waals surface area contributed by atoms with Crippen molar-refractivity contribution in [3.63, 3.8) is 0 Å². The molecule has 0 aliphatic rings. The molecule has 1 atom stereocenters. The highest BCUT2D eigenvalue weighted by atomic mass is 16.5. The maximum atomic E-state index is 12.5. The smallest absolute Gasteiger partial charge is 0.308 e. The summed E-state index contributed by atoms with van der Waals surface area (Å²) in [5, 5.41) is 13.7. The van der Waals surface area contributed by atoms with Gasteiger partial charge in [-0.3, -0.25) is 14.4 Å². The minimum atomic E-state index is -0.613. The van der Waals surface area contributed by atoms with Gasteiger partial charge in [0.05, 0.1) is 25.0 Å². The van der Waals surface area contributed by atoms with Crippen molar-refractivity contribution in [2.45, 2.75) is 18.9 Å². The van der Waals surface area contributed by atoms with E-state index < -0.39 is 24.5 Å². The average Bonchev–Trinajstić information content (AvgIpc) is 2.73. The molecule has 7 heteroatoms. The number of hydrogen-bond donors (Lipinski definition) is 2. The van der Waals surface area contributed by atoms with Gasteiger partial charge in [-0.1, -0.05) is 48.5 Å². The van der Waals surface area contributed by atoms with Gasteiger partial charge in [-0.15, -0.1) is 0 Å². The first-order chi connectivity index (χ1) is 13.6. The largest absolute Gasteiger partial charge is 0.456 e. The fourth-order valence-corrected chi connectivity index (χ4v) is 2.45. The molecule has 0 spiro atoms. The summed E-state index contributed by atoms with van der Waals surface area (Å²) in [5.41, 5.74) is 1.23. The molecule has 0 radical (unpaired) electrons. The fraction of sp³-hybridized carbons (Fsp3) is 0.238. The zero-order valence-corrected chi connectivity index (χ0v) is 15.3. The fourth-order valence-electron chi connectivity index (χ4n) is 2.45. The van der Waals surface area contributed by atoms with Gasteiger partial charge in [-0.05, 0) is 17.7 Å². The van der Waals surface area contributed by atoms with Crippen molar-refractivity contribution in [2.24, 2.45) is 0 Å². The Balaban J connectivity index is 1.96. The van der Waals surface area contributed by atoms with Crippen LogP contribution >= 0.6 is 0 Å². The van der Waals surface area contributed by atoms with Crippen LogP contribution in [0.1, 0.15) is 34.8 Å². The minimum absolute atomic E-state index is 0.117. The summed E-state index contributed by atoms with van der Waals surface area (Å²) in [5.74, 6) is -1.40. The van der Waals surface area contributed by atoms with Crippen LogP contribution in [0.25, 0.3) is 0 Å². The number of esters is 1. The van der Waals surface area contributed by atoms with E-state index in [1.807, 2.05) is 30.3 Å². The molecule has 0 fully saturated rings. The van der Waals surface area contributed by atoms with E-state index in [1.54, 1.807) is 36.4 Å². The third-order valence-corrected chi connectivity index (χ3v) is 3.84. The summed E-state index contributed by atoms with van der Waals surface area (Å²) in [4.78, 5) is 36.2. The van der Waals surface area contributed by atoms with Crippen LogP contribution in [0.3, 0.4) is 0 Å². The molecular weight excluding hydrogens is 358 g/mol. The third-order valence-electron chi connectivity index (χ3n) is 3.84. The number of nitrogens with one attached hydrogen (secondary N) is 2. The summed E-state index contributed by atoms with van der Waals surface area (Å²) in [6.45, 7) is -0.231. The van der Waals surface area contributed by atoms with Crippen LogP contribution in [0.5, 0.6) is 0 Å². The van der Waals surface area contributed by atoms with Gasteiger partial charge in [-0.25, -0.2) is 0 Å². The predicted octanol–water partition coefficient (Wildman–Crippen LogP) is 2.12. The highest BCUT2D eigenvalue weighted by Gasteiger charge is 2.20. The number of carbonyl (C=O) groups is 3. The molecule has 28 heavy (non-hydrogen) atoms. The Kier molecular flexibility index (Phi) is 8.21. The Hall–Kier alpha value is -3.66. The highest BCUT2D eigenvalue weighted by molar-refractivity contribution is 5.94. The summed E-state index contributed by atoms with van der Waals surface area (Å²) >= 11 is 0. The standard InChI is InChI=1S/C21H21N3O4/c22-12-7-13-23-19(25)15-28-20(26)14-18(16-8-3-1-4-9-16)24-21(27)17-10-5-2-6-11-17/h1-6,8-11,18H,7,13-15H2,(H,23,25)(H,24,27)/t18-/m0/s1. The summed E-state index contributed by atoms with van der Waals surface area (Å²) < 4.78 is 4.99. The van der Waals surface area contributed by atoms with Crippen LogP contribution in [0.2, 0.25) is 0 Å². The molecule has 0 aliphatic carbocycles. The zero-order valence-electron chi connectivity index (χ0n) is 15.3. The first-order valence-corrected chi connectivity index (χ1v) is 8.80. The van der Waals surface area contributed by atoms with Crippen molar-refractivity contribution in [1.29, 1.82) is 5.26 Å². The van der Waals surface area contributed by atoms with Crippen LogP contribution in [0, 0.1) is 11.3 Å². The maximum Gasteiger partial charge on any atom is 0.308 e. The van der Waals surface area contributed by atoms with Gasteiger partial charge in [-0.2, -0.15) is 5.26 Å². The number of hydrogen-bond acceptors (Lipinski definition) is 5. The van der Waals surface area contributed by atoms with Gasteiger partial charge in [0.25, 0.3) is 11.8 Å². The molecule has 7 nitrogen and oxygen atoms in total. The van der Waals surface area contributed by atoms with E-state index in [4.69, 9.17) is 10.00 Å². The zero-order chi connectivity index (χ0) is 20.2. The third kappa shape index (κ3) is 6.92. The topological polar surface area (TPSA) is 108 Å². The van der Waals surface area contributed by atoms with Crippen molar-refractivity contribution < 1.29 is 19.1 Å². The molecule has 0 aromatic heterocycles. The molecule has 0 heterocycles. The second-order valence-electron chi connectivity index (χ2n) is 5.93. The maximum absolute atomic E-state index is 12.5. The number of carbonyl (C=O) groups excluding carboxylic acids is 3. The van der Waals surface area contributed by atoms with Crippen LogP contribution in [0.4, 0.5) is 0 Å². The number of nitriles is 1. The van der Waals surface area contributed by atoms with Crippen molar-refractivity contribution in [3.8, 4) is 6.07 Å². The van der Waals surface area contributed by atoms with E-state index in [1.165, 1.54) is 0 Å². The summed E-state index contributed by atoms with van der Waals surface area (Å²) in [7, 11) is 0. The molecule has 0 aliphatic heterocycles. The molecule has 0 saturated carbocycles. The van der Waals surface area contributed by atoms with E-state index in [9.17, 15) is 14.4 Å². The van der Waals surface area contributed by atoms with E-state index >= 15 is 0 Å². The molecule has 2 N–H and O–H groups in total. The van der Waals surface area contributed by atoms with Crippen LogP contribution in [-0.4, -0.2) is 30.9 Å². The highest BCUT2D eigenvalue weighted by Crippen LogP contribution is 2.18. The molecular formula is C21H21N3O4. The van der Waals surface area contributed by atoms with Gasteiger partial charge in [0.2, 0.25) is 0 Å². The number of ether oxygens (including phenoxy) is 1. The molecule has 144 valence electrons. The molecule has 2 aromatic rings. The number of nitrogens with zero attached hydrogens (tertiary/aromatic N) is 1. The molecule has 2 amide bonds. The van der Waals surface area contributed by atoms with Crippen molar-refractivity contribution in [3.05, 3.63) is 71.8 Å². The lowest BCUT2D eigenvalue weighted by Crippen LogP contribution is -2.32. The number of rotatable bonds is 9. The van der Waals surface area contributed by atoms with Gasteiger partial charge in [0, 0.05) is 12.1 Å². The van der Waals surface area contributed by atoms with Gasteiger partial charge in [0.15, 0.2) is 6.61 Å². The summed E-state index contributed by atoms with van der Waals surface area (Å²) in [6, 6.07) is 19.1. The number of amides is 2. The van der Waals surface area contributed by atoms with Crippen molar-refractivity contribution >= 4 is 17.8 Å². The first-order valence-electron chi connectivity index (χ1n) is 8.80. The minimum Gasteiger partial charge on any atom is -0.456 e. The Bertz CT molecular complexity index is 832. The Morgan fingerprint density at radius 1 is 1.00 bits per heavy atom. The van der Waals surface area contributed by atoms with Crippen molar-refractivity contribution in [2.75, 3.05) is 13.2 Å². The normalized spacial score (nSPS) is 11.0. The van der Waals surface area contributed by atoms with Crippen LogP contribution < -0.4 is 10.6 Å². The van der Waals surface area contributed by atoms with Crippen LogP contribution in [0.15, 0.2) is 60.7 Å². The van der Waals surface area contributed by atoms with E-state index in [-0.39, 0.29) is 25.3 Å². The Morgan fingerprint density at radius 2 is 1.64 bits per heavy atom. The second-order valence-corrected chi connectivity index (χ2v) is 5.93. The van der Waals surface area contributed by atoms with Gasteiger partial charge >= 0.3 is 5.97 Å². The lowest BCUT2D eigenvalue weighted by Gasteiger charge is -2.18. The van der Waals surface area contributed by atoms with Gasteiger partial charge in [0.1, 0.15) is 0 Å². The molecule has 0 bridgehead atoms. The Morgan fingerprint density at radius 3 is 2.29 bits per heavy atom. The monoisotopic (exact) mass is 379 g/mol. The number of benzene rings is 2. The second kappa shape index (κ2) is 11.1. The van der Waals surface area contributed by atoms with E-state index in [0.717, 1.165) is 5.56 Å². The predicted molar refractivity (Wildman–Crippen MR) is 102 cm³/mol.